The molecular formula is C45H48O8. The Hall–Kier alpha value is -5.76. The van der Waals surface area contributed by atoms with Crippen LogP contribution in [0.4, 0.5) is 0 Å². The molecule has 0 saturated heterocycles. The minimum Gasteiger partial charge on any atom is -0.507 e. The van der Waals surface area contributed by atoms with E-state index in [0.29, 0.717) is 52.5 Å². The molecule has 0 spiro atoms. The van der Waals surface area contributed by atoms with Crippen molar-refractivity contribution in [3.8, 4) is 34.5 Å². The molecule has 4 aromatic carbocycles. The Kier molecular flexibility index (Phi) is 12.5. The molecule has 8 nitrogen and oxygen atoms in total. The van der Waals surface area contributed by atoms with Crippen LogP contribution in [0.15, 0.2) is 102 Å². The van der Waals surface area contributed by atoms with E-state index in [4.69, 9.17) is 23.7 Å². The van der Waals surface area contributed by atoms with E-state index in [1.165, 1.54) is 13.2 Å². The number of methoxy groups -OCH3 is 5. The van der Waals surface area contributed by atoms with E-state index < -0.39 is 11.8 Å². The maximum atomic E-state index is 15.2. The van der Waals surface area contributed by atoms with E-state index in [1.807, 2.05) is 75.4 Å². The fourth-order valence-corrected chi connectivity index (χ4v) is 7.14. The van der Waals surface area contributed by atoms with Crippen LogP contribution in [0.2, 0.25) is 0 Å². The van der Waals surface area contributed by atoms with E-state index >= 15 is 4.79 Å². The third-order valence-electron chi connectivity index (χ3n) is 9.83. The van der Waals surface area contributed by atoms with Crippen molar-refractivity contribution in [3.63, 3.8) is 0 Å². The van der Waals surface area contributed by atoms with Crippen molar-refractivity contribution in [2.45, 2.75) is 45.4 Å². The summed E-state index contributed by atoms with van der Waals surface area (Å²) in [6.45, 7) is 6.00. The molecule has 1 N–H and O–H groups in total. The topological polar surface area (TPSA) is 101 Å². The summed E-state index contributed by atoms with van der Waals surface area (Å²) in [5.74, 6) is 0.424. The molecular weight excluding hydrogens is 668 g/mol. The van der Waals surface area contributed by atoms with Crippen LogP contribution in [-0.2, 0) is 6.42 Å². The molecule has 0 heterocycles. The number of ether oxygens (including phenoxy) is 5. The number of phenols is 1. The predicted molar refractivity (Wildman–Crippen MR) is 208 cm³/mol. The lowest BCUT2D eigenvalue weighted by molar-refractivity contribution is 0.0876. The lowest BCUT2D eigenvalue weighted by atomic mass is 9.65. The monoisotopic (exact) mass is 716 g/mol. The molecule has 0 bridgehead atoms. The van der Waals surface area contributed by atoms with Gasteiger partial charge in [0.05, 0.1) is 46.7 Å². The number of benzene rings is 4. The Bertz CT molecular complexity index is 2030. The summed E-state index contributed by atoms with van der Waals surface area (Å²) in [5, 5.41) is 11.8. The SMILES string of the molecule is COc1ccc(/C=C/C(=O)c2ccc(OC)c(C3C=C(C)C[C@H](c4ccc(OC)cc4)[C@H]3C(=O)c3ccc(OC)c(CC=C(C)C)c3O)c2OC)cc1. The van der Waals surface area contributed by atoms with Crippen LogP contribution in [0, 0.1) is 5.92 Å². The van der Waals surface area contributed by atoms with Crippen LogP contribution in [0.5, 0.6) is 34.5 Å². The number of carbonyl (C=O) groups is 2. The van der Waals surface area contributed by atoms with Gasteiger partial charge >= 0.3 is 0 Å². The second-order valence-electron chi connectivity index (χ2n) is 13.4. The second kappa shape index (κ2) is 17.2. The molecule has 4 aromatic rings. The van der Waals surface area contributed by atoms with Gasteiger partial charge in [-0.25, -0.2) is 0 Å². The number of allylic oxidation sites excluding steroid dienone is 5. The van der Waals surface area contributed by atoms with E-state index in [9.17, 15) is 9.90 Å². The van der Waals surface area contributed by atoms with Crippen LogP contribution in [0.1, 0.15) is 82.0 Å². The zero-order valence-corrected chi connectivity index (χ0v) is 31.7. The minimum absolute atomic E-state index is 0.114. The third-order valence-corrected chi connectivity index (χ3v) is 9.83. The summed E-state index contributed by atoms with van der Waals surface area (Å²) in [4.78, 5) is 29.1. The highest BCUT2D eigenvalue weighted by Gasteiger charge is 2.43. The first-order valence-corrected chi connectivity index (χ1v) is 17.5. The smallest absolute Gasteiger partial charge is 0.189 e. The molecule has 5 rings (SSSR count). The lowest BCUT2D eigenvalue weighted by Crippen LogP contribution is -2.32. The maximum absolute atomic E-state index is 15.2. The number of aromatic hydroxyl groups is 1. The summed E-state index contributed by atoms with van der Waals surface area (Å²) in [7, 11) is 7.84. The van der Waals surface area contributed by atoms with Gasteiger partial charge in [-0.3, -0.25) is 9.59 Å². The fourth-order valence-electron chi connectivity index (χ4n) is 7.14. The zero-order chi connectivity index (χ0) is 38.2. The number of phenolic OH excluding ortho intramolecular Hbond substituents is 1. The predicted octanol–water partition coefficient (Wildman–Crippen LogP) is 9.56. The first-order chi connectivity index (χ1) is 25.5. The first kappa shape index (κ1) is 38.5. The van der Waals surface area contributed by atoms with E-state index in [-0.39, 0.29) is 28.8 Å². The summed E-state index contributed by atoms with van der Waals surface area (Å²) in [5.41, 5.74) is 5.52. The minimum atomic E-state index is -0.731. The normalized spacial score (nSPS) is 16.8. The Morgan fingerprint density at radius 3 is 1.94 bits per heavy atom. The highest BCUT2D eigenvalue weighted by molar-refractivity contribution is 6.09. The lowest BCUT2D eigenvalue weighted by Gasteiger charge is -2.38. The number of carbonyl (C=O) groups excluding carboxylic acids is 2. The molecule has 276 valence electrons. The van der Waals surface area contributed by atoms with Crippen LogP contribution in [-0.4, -0.2) is 52.2 Å². The highest BCUT2D eigenvalue weighted by atomic mass is 16.5. The molecule has 0 amide bonds. The number of Topliss-reactive ketones (excluding diaryl/α,β-unsaturated/α-hetero) is 1. The number of hydrogen-bond donors (Lipinski definition) is 1. The van der Waals surface area contributed by atoms with Gasteiger partial charge < -0.3 is 28.8 Å². The van der Waals surface area contributed by atoms with E-state index in [1.54, 1.807) is 58.8 Å². The average molecular weight is 717 g/mol. The third kappa shape index (κ3) is 8.33. The molecule has 1 aliphatic carbocycles. The zero-order valence-electron chi connectivity index (χ0n) is 31.7. The van der Waals surface area contributed by atoms with Crippen LogP contribution in [0.3, 0.4) is 0 Å². The molecule has 3 atom stereocenters. The molecule has 53 heavy (non-hydrogen) atoms. The second-order valence-corrected chi connectivity index (χ2v) is 13.4. The van der Waals surface area contributed by atoms with Crippen molar-refractivity contribution in [2.24, 2.45) is 5.92 Å². The number of rotatable bonds is 14. The van der Waals surface area contributed by atoms with Gasteiger partial charge in [0.25, 0.3) is 0 Å². The van der Waals surface area contributed by atoms with Crippen molar-refractivity contribution >= 4 is 17.6 Å². The molecule has 1 unspecified atom stereocenters. The molecule has 0 fully saturated rings. The van der Waals surface area contributed by atoms with Crippen molar-refractivity contribution < 1.29 is 38.4 Å². The summed E-state index contributed by atoms with van der Waals surface area (Å²) < 4.78 is 28.3. The van der Waals surface area contributed by atoms with Gasteiger partial charge in [0.15, 0.2) is 11.6 Å². The molecule has 8 heteroatoms. The van der Waals surface area contributed by atoms with Gasteiger partial charge in [-0.1, -0.05) is 53.6 Å². The first-order valence-electron chi connectivity index (χ1n) is 17.5. The summed E-state index contributed by atoms with van der Waals surface area (Å²) in [6.07, 6.45) is 8.28. The van der Waals surface area contributed by atoms with E-state index in [2.05, 4.69) is 6.08 Å². The van der Waals surface area contributed by atoms with Gasteiger partial charge in [0.2, 0.25) is 0 Å². The van der Waals surface area contributed by atoms with E-state index in [0.717, 1.165) is 28.0 Å². The molecule has 0 aliphatic heterocycles. The largest absolute Gasteiger partial charge is 0.507 e. The van der Waals surface area contributed by atoms with Crippen LogP contribution in [0.25, 0.3) is 6.08 Å². The van der Waals surface area contributed by atoms with Gasteiger partial charge in [-0.15, -0.1) is 0 Å². The molecule has 1 aliphatic rings. The van der Waals surface area contributed by atoms with Crippen LogP contribution < -0.4 is 23.7 Å². The molecule has 0 aromatic heterocycles. The molecule has 0 saturated carbocycles. The standard InChI is InChI=1S/C45H48O8/c1-27(2)9-19-34-39(51-6)23-21-35(43(34)47)44(48)41-36(30-13-17-32(50-5)18-14-30)25-28(3)26-37(41)42-40(52-7)24-20-33(45(42)53-8)38(46)22-12-29-10-15-31(49-4)16-11-29/h9-18,20-24,26,36-37,41,47H,19,25H2,1-8H3/b22-12+/t36-,37?,41-/m1/s1. The maximum Gasteiger partial charge on any atom is 0.189 e. The summed E-state index contributed by atoms with van der Waals surface area (Å²) in [6, 6.07) is 21.9. The fraction of sp³-hybridized carbons (Fsp3) is 0.289. The number of ketones is 2. The van der Waals surface area contributed by atoms with Gasteiger partial charge in [0.1, 0.15) is 34.5 Å². The number of hydrogen-bond acceptors (Lipinski definition) is 8. The highest BCUT2D eigenvalue weighted by Crippen LogP contribution is 2.52. The Balaban J connectivity index is 1.70. The molecule has 0 radical (unpaired) electrons. The summed E-state index contributed by atoms with van der Waals surface area (Å²) >= 11 is 0. The van der Waals surface area contributed by atoms with Crippen molar-refractivity contribution in [3.05, 3.63) is 136 Å². The Morgan fingerprint density at radius 2 is 1.36 bits per heavy atom. The van der Waals surface area contributed by atoms with Crippen LogP contribution >= 0.6 is 0 Å². The Morgan fingerprint density at radius 1 is 0.755 bits per heavy atom. The van der Waals surface area contributed by atoms with Crippen molar-refractivity contribution in [2.75, 3.05) is 35.5 Å². The average Bonchev–Trinajstić information content (AvgIpc) is 3.18. The van der Waals surface area contributed by atoms with Crippen molar-refractivity contribution in [1.29, 1.82) is 0 Å². The quantitative estimate of drug-likeness (QED) is 0.0783. The van der Waals surface area contributed by atoms with Gasteiger partial charge in [-0.05, 0) is 105 Å². The van der Waals surface area contributed by atoms with Gasteiger partial charge in [-0.2, -0.15) is 0 Å². The van der Waals surface area contributed by atoms with Crippen molar-refractivity contribution in [1.82, 2.24) is 0 Å². The van der Waals surface area contributed by atoms with Gasteiger partial charge in [0, 0.05) is 23.0 Å². The Labute approximate surface area is 312 Å².